The Hall–Kier alpha value is -1.97. The molecule has 0 aliphatic carbocycles. The predicted octanol–water partition coefficient (Wildman–Crippen LogP) is 0.465. The SMILES string of the molecule is CCN(CC)S(=O)(=O)c1cccc(C(=O)N2C[C@@H](O)C[C@H]2C(=O)OC)c1. The van der Waals surface area contributed by atoms with E-state index in [0.29, 0.717) is 13.1 Å². The molecule has 1 fully saturated rings. The van der Waals surface area contributed by atoms with Gasteiger partial charge >= 0.3 is 5.97 Å². The first-order chi connectivity index (χ1) is 12.3. The zero-order valence-electron chi connectivity index (χ0n) is 15.1. The Bertz CT molecular complexity index is 775. The number of aliphatic hydroxyl groups excluding tert-OH is 1. The summed E-state index contributed by atoms with van der Waals surface area (Å²) in [5.74, 6) is -1.13. The molecule has 1 aromatic carbocycles. The van der Waals surface area contributed by atoms with Gasteiger partial charge in [0.25, 0.3) is 5.91 Å². The molecule has 9 heteroatoms. The van der Waals surface area contributed by atoms with Crippen molar-refractivity contribution in [2.75, 3.05) is 26.7 Å². The number of benzene rings is 1. The number of hydrogen-bond donors (Lipinski definition) is 1. The Morgan fingerprint density at radius 3 is 2.54 bits per heavy atom. The molecule has 2 atom stereocenters. The van der Waals surface area contributed by atoms with Crippen LogP contribution in [0.15, 0.2) is 29.2 Å². The maximum absolute atomic E-state index is 12.8. The molecule has 144 valence electrons. The highest BCUT2D eigenvalue weighted by Gasteiger charge is 2.40. The Morgan fingerprint density at radius 1 is 1.31 bits per heavy atom. The normalized spacial score (nSPS) is 20.4. The van der Waals surface area contributed by atoms with E-state index < -0.39 is 34.0 Å². The third-order valence-electron chi connectivity index (χ3n) is 4.44. The first kappa shape index (κ1) is 20.3. The zero-order chi connectivity index (χ0) is 19.5. The predicted molar refractivity (Wildman–Crippen MR) is 94.0 cm³/mol. The van der Waals surface area contributed by atoms with Crippen LogP contribution in [0.25, 0.3) is 0 Å². The number of aliphatic hydroxyl groups is 1. The maximum atomic E-state index is 12.8. The molecule has 0 spiro atoms. The van der Waals surface area contributed by atoms with Gasteiger partial charge in [-0.05, 0) is 18.2 Å². The minimum absolute atomic E-state index is 0.00831. The van der Waals surface area contributed by atoms with Crippen molar-refractivity contribution in [3.05, 3.63) is 29.8 Å². The third kappa shape index (κ3) is 3.89. The summed E-state index contributed by atoms with van der Waals surface area (Å²) in [4.78, 5) is 25.9. The molecule has 26 heavy (non-hydrogen) atoms. The molecule has 1 heterocycles. The van der Waals surface area contributed by atoms with Crippen molar-refractivity contribution in [3.8, 4) is 0 Å². The van der Waals surface area contributed by atoms with Crippen molar-refractivity contribution in [1.29, 1.82) is 0 Å². The molecule has 0 aromatic heterocycles. The Balaban J connectivity index is 2.35. The van der Waals surface area contributed by atoms with Gasteiger partial charge in [0, 0.05) is 31.6 Å². The molecule has 2 rings (SSSR count). The second-order valence-electron chi connectivity index (χ2n) is 6.00. The van der Waals surface area contributed by atoms with Gasteiger partial charge in [-0.15, -0.1) is 0 Å². The zero-order valence-corrected chi connectivity index (χ0v) is 15.9. The van der Waals surface area contributed by atoms with Gasteiger partial charge in [0.1, 0.15) is 6.04 Å². The fourth-order valence-corrected chi connectivity index (χ4v) is 4.57. The highest BCUT2D eigenvalue weighted by atomic mass is 32.2. The van der Waals surface area contributed by atoms with Gasteiger partial charge in [-0.25, -0.2) is 13.2 Å². The van der Waals surface area contributed by atoms with E-state index >= 15 is 0 Å². The fourth-order valence-electron chi connectivity index (χ4n) is 3.07. The van der Waals surface area contributed by atoms with Gasteiger partial charge in [-0.1, -0.05) is 19.9 Å². The number of esters is 1. The van der Waals surface area contributed by atoms with E-state index in [1.807, 2.05) is 0 Å². The average Bonchev–Trinajstić information content (AvgIpc) is 3.03. The summed E-state index contributed by atoms with van der Waals surface area (Å²) >= 11 is 0. The van der Waals surface area contributed by atoms with Crippen LogP contribution in [0.2, 0.25) is 0 Å². The minimum atomic E-state index is -3.70. The first-order valence-electron chi connectivity index (χ1n) is 8.43. The Kier molecular flexibility index (Phi) is 6.38. The summed E-state index contributed by atoms with van der Waals surface area (Å²) in [6.45, 7) is 4.11. The van der Waals surface area contributed by atoms with Crippen LogP contribution in [0.3, 0.4) is 0 Å². The van der Waals surface area contributed by atoms with Crippen molar-refractivity contribution in [2.24, 2.45) is 0 Å². The number of ether oxygens (including phenoxy) is 1. The summed E-state index contributed by atoms with van der Waals surface area (Å²) in [6.07, 6.45) is -0.735. The lowest BCUT2D eigenvalue weighted by atomic mass is 10.1. The Labute approximate surface area is 153 Å². The van der Waals surface area contributed by atoms with E-state index in [4.69, 9.17) is 4.74 Å². The van der Waals surface area contributed by atoms with Crippen LogP contribution in [0.1, 0.15) is 30.6 Å². The van der Waals surface area contributed by atoms with E-state index in [0.717, 1.165) is 0 Å². The van der Waals surface area contributed by atoms with E-state index in [1.165, 1.54) is 40.6 Å². The molecule has 0 saturated carbocycles. The van der Waals surface area contributed by atoms with Gasteiger partial charge in [0.15, 0.2) is 0 Å². The molecule has 1 N–H and O–H groups in total. The monoisotopic (exact) mass is 384 g/mol. The molecule has 1 saturated heterocycles. The van der Waals surface area contributed by atoms with E-state index in [1.54, 1.807) is 13.8 Å². The van der Waals surface area contributed by atoms with Crippen molar-refractivity contribution in [2.45, 2.75) is 37.3 Å². The number of methoxy groups -OCH3 is 1. The second kappa shape index (κ2) is 8.15. The minimum Gasteiger partial charge on any atom is -0.467 e. The number of amides is 1. The quantitative estimate of drug-likeness (QED) is 0.715. The lowest BCUT2D eigenvalue weighted by Gasteiger charge is -2.23. The molecule has 8 nitrogen and oxygen atoms in total. The van der Waals surface area contributed by atoms with Gasteiger partial charge in [0.2, 0.25) is 10.0 Å². The van der Waals surface area contributed by atoms with Gasteiger partial charge in [0.05, 0.1) is 18.1 Å². The van der Waals surface area contributed by atoms with Crippen LogP contribution in [0, 0.1) is 0 Å². The van der Waals surface area contributed by atoms with E-state index in [2.05, 4.69) is 0 Å². The van der Waals surface area contributed by atoms with Gasteiger partial charge in [-0.2, -0.15) is 4.31 Å². The molecule has 1 aromatic rings. The molecular formula is C17H24N2O6S. The van der Waals surface area contributed by atoms with Crippen LogP contribution in [0.4, 0.5) is 0 Å². The van der Waals surface area contributed by atoms with Crippen LogP contribution < -0.4 is 0 Å². The molecule has 0 bridgehead atoms. The molecule has 1 amide bonds. The maximum Gasteiger partial charge on any atom is 0.328 e. The van der Waals surface area contributed by atoms with Crippen LogP contribution in [0.5, 0.6) is 0 Å². The third-order valence-corrected chi connectivity index (χ3v) is 6.48. The van der Waals surface area contributed by atoms with Crippen molar-refractivity contribution >= 4 is 21.9 Å². The van der Waals surface area contributed by atoms with Gasteiger partial charge in [-0.3, -0.25) is 4.79 Å². The van der Waals surface area contributed by atoms with Crippen molar-refractivity contribution in [1.82, 2.24) is 9.21 Å². The lowest BCUT2D eigenvalue weighted by Crippen LogP contribution is -2.41. The van der Waals surface area contributed by atoms with Crippen molar-refractivity contribution in [3.63, 3.8) is 0 Å². The molecule has 1 aliphatic heterocycles. The molecule has 0 unspecified atom stereocenters. The summed E-state index contributed by atoms with van der Waals surface area (Å²) in [5, 5.41) is 9.83. The number of rotatable bonds is 6. The van der Waals surface area contributed by atoms with Crippen LogP contribution >= 0.6 is 0 Å². The summed E-state index contributed by atoms with van der Waals surface area (Å²) in [6, 6.07) is 4.83. The number of carbonyl (C=O) groups is 2. The summed E-state index contributed by atoms with van der Waals surface area (Å²) in [7, 11) is -2.49. The number of likely N-dealkylation sites (tertiary alicyclic amines) is 1. The highest BCUT2D eigenvalue weighted by molar-refractivity contribution is 7.89. The number of carbonyl (C=O) groups excluding carboxylic acids is 2. The van der Waals surface area contributed by atoms with Crippen molar-refractivity contribution < 1.29 is 27.9 Å². The standard InChI is InChI=1S/C17H24N2O6S/c1-4-18(5-2)26(23,24)14-8-6-7-12(9-14)16(21)19-11-13(20)10-15(19)17(22)25-3/h6-9,13,15,20H,4-5,10-11H2,1-3H3/t13-,15-/m0/s1. The fraction of sp³-hybridized carbons (Fsp3) is 0.529. The Morgan fingerprint density at radius 2 is 1.96 bits per heavy atom. The highest BCUT2D eigenvalue weighted by Crippen LogP contribution is 2.23. The largest absolute Gasteiger partial charge is 0.467 e. The van der Waals surface area contributed by atoms with E-state index in [9.17, 15) is 23.1 Å². The molecular weight excluding hydrogens is 360 g/mol. The smallest absolute Gasteiger partial charge is 0.328 e. The number of hydrogen-bond acceptors (Lipinski definition) is 6. The molecule has 1 aliphatic rings. The average molecular weight is 384 g/mol. The van der Waals surface area contributed by atoms with Crippen LogP contribution in [-0.2, 0) is 19.6 Å². The first-order valence-corrected chi connectivity index (χ1v) is 9.87. The lowest BCUT2D eigenvalue weighted by molar-refractivity contribution is -0.145. The summed E-state index contributed by atoms with van der Waals surface area (Å²) < 4.78 is 31.3. The van der Waals surface area contributed by atoms with Gasteiger partial charge < -0.3 is 14.7 Å². The van der Waals surface area contributed by atoms with E-state index in [-0.39, 0.29) is 23.4 Å². The topological polar surface area (TPSA) is 104 Å². The second-order valence-corrected chi connectivity index (χ2v) is 7.94. The van der Waals surface area contributed by atoms with Crippen LogP contribution in [-0.4, -0.2) is 73.5 Å². The number of sulfonamides is 1. The number of β-amino-alcohol motifs (C(OH)–C–C–N with tert-alkyl or cyclic N) is 1. The molecule has 0 radical (unpaired) electrons. The number of nitrogens with zero attached hydrogens (tertiary/aromatic N) is 2. The summed E-state index contributed by atoms with van der Waals surface area (Å²) in [5.41, 5.74) is 0.140.